The number of pyridine rings is 1. The fraction of sp³-hybridized carbons (Fsp3) is 0.0714. The van der Waals surface area contributed by atoms with Crippen LogP contribution in [0.1, 0.15) is 21.5 Å². The van der Waals surface area contributed by atoms with E-state index in [2.05, 4.69) is 26.2 Å². The lowest BCUT2D eigenvalue weighted by Crippen LogP contribution is -2.13. The number of carbonyl (C=O) groups is 1. The van der Waals surface area contributed by atoms with Crippen LogP contribution in [0, 0.1) is 18.3 Å². The maximum Gasteiger partial charge on any atom is 0.257 e. The molecule has 0 saturated carbocycles. The van der Waals surface area contributed by atoms with Crippen LogP contribution in [0.3, 0.4) is 0 Å². The number of carbonyl (C=O) groups excluding carboxylic acids is 1. The van der Waals surface area contributed by atoms with Gasteiger partial charge in [-0.05, 0) is 30.7 Å². The Kier molecular flexibility index (Phi) is 3.93. The second-order valence-corrected chi connectivity index (χ2v) is 4.90. The number of hydrogen-bond donors (Lipinski definition) is 1. The van der Waals surface area contributed by atoms with Crippen molar-refractivity contribution in [3.63, 3.8) is 0 Å². The quantitative estimate of drug-likeness (QED) is 0.924. The van der Waals surface area contributed by atoms with Gasteiger partial charge in [-0.15, -0.1) is 0 Å². The van der Waals surface area contributed by atoms with E-state index in [-0.39, 0.29) is 5.91 Å². The van der Waals surface area contributed by atoms with E-state index in [0.717, 1.165) is 15.7 Å². The summed E-state index contributed by atoms with van der Waals surface area (Å²) in [4.78, 5) is 15.9. The van der Waals surface area contributed by atoms with E-state index in [9.17, 15) is 4.79 Å². The van der Waals surface area contributed by atoms with Gasteiger partial charge < -0.3 is 5.32 Å². The molecular formula is C14H10BrN3O. The minimum atomic E-state index is -0.286. The average Bonchev–Trinajstić information content (AvgIpc) is 2.43. The van der Waals surface area contributed by atoms with Crippen molar-refractivity contribution in [3.05, 3.63) is 57.8 Å². The first kappa shape index (κ1) is 13.2. The second kappa shape index (κ2) is 5.63. The molecule has 0 saturated heterocycles. The predicted molar refractivity (Wildman–Crippen MR) is 75.8 cm³/mol. The number of hydrogen-bond acceptors (Lipinski definition) is 3. The van der Waals surface area contributed by atoms with E-state index < -0.39 is 0 Å². The molecule has 0 spiro atoms. The Morgan fingerprint density at radius 3 is 2.89 bits per heavy atom. The maximum absolute atomic E-state index is 12.1. The van der Waals surface area contributed by atoms with Crippen molar-refractivity contribution in [2.24, 2.45) is 0 Å². The number of aryl methyl sites for hydroxylation is 1. The number of benzene rings is 1. The third kappa shape index (κ3) is 3.18. The highest BCUT2D eigenvalue weighted by Crippen LogP contribution is 2.21. The minimum Gasteiger partial charge on any atom is -0.322 e. The van der Waals surface area contributed by atoms with Crippen LogP contribution in [0.15, 0.2) is 41.1 Å². The predicted octanol–water partition coefficient (Wildman–Crippen LogP) is 3.28. The molecule has 0 unspecified atom stereocenters. The number of nitriles is 1. The molecule has 2 aromatic rings. The van der Waals surface area contributed by atoms with Crippen molar-refractivity contribution in [2.45, 2.75) is 6.92 Å². The molecule has 1 N–H and O–H groups in total. The van der Waals surface area contributed by atoms with Crippen LogP contribution in [-0.4, -0.2) is 10.9 Å². The molecule has 1 aromatic carbocycles. The van der Waals surface area contributed by atoms with Crippen LogP contribution in [0.5, 0.6) is 0 Å². The zero-order valence-electron chi connectivity index (χ0n) is 10.1. The lowest BCUT2D eigenvalue weighted by molar-refractivity contribution is 0.102. The van der Waals surface area contributed by atoms with E-state index in [4.69, 9.17) is 5.26 Å². The zero-order chi connectivity index (χ0) is 13.8. The lowest BCUT2D eigenvalue weighted by Gasteiger charge is -2.08. The highest BCUT2D eigenvalue weighted by atomic mass is 79.9. The highest BCUT2D eigenvalue weighted by Gasteiger charge is 2.09. The first-order valence-electron chi connectivity index (χ1n) is 5.53. The Hall–Kier alpha value is -2.19. The molecule has 0 aliphatic rings. The van der Waals surface area contributed by atoms with Crippen molar-refractivity contribution in [3.8, 4) is 6.07 Å². The molecular weight excluding hydrogens is 306 g/mol. The van der Waals surface area contributed by atoms with Gasteiger partial charge in [0.15, 0.2) is 0 Å². The number of nitrogens with one attached hydrogen (secondary N) is 1. The fourth-order valence-electron chi connectivity index (χ4n) is 1.55. The number of halogens is 1. The molecule has 0 aliphatic carbocycles. The number of aromatic nitrogens is 1. The molecule has 19 heavy (non-hydrogen) atoms. The van der Waals surface area contributed by atoms with Gasteiger partial charge in [0.1, 0.15) is 6.07 Å². The molecule has 1 amide bonds. The molecule has 0 atom stereocenters. The Bertz CT molecular complexity index is 677. The van der Waals surface area contributed by atoms with Crippen LogP contribution in [-0.2, 0) is 0 Å². The summed E-state index contributed by atoms with van der Waals surface area (Å²) in [6.07, 6.45) is 2.85. The summed E-state index contributed by atoms with van der Waals surface area (Å²) in [5.74, 6) is -0.286. The number of nitrogens with zero attached hydrogens (tertiary/aromatic N) is 2. The van der Waals surface area contributed by atoms with E-state index in [1.54, 1.807) is 0 Å². The lowest BCUT2D eigenvalue weighted by atomic mass is 10.1. The smallest absolute Gasteiger partial charge is 0.257 e. The zero-order valence-corrected chi connectivity index (χ0v) is 11.7. The summed E-state index contributed by atoms with van der Waals surface area (Å²) >= 11 is 3.36. The third-order valence-corrected chi connectivity index (χ3v) is 3.07. The molecule has 4 nitrogen and oxygen atoms in total. The van der Waals surface area contributed by atoms with E-state index in [0.29, 0.717) is 11.1 Å². The van der Waals surface area contributed by atoms with Crippen molar-refractivity contribution in [2.75, 3.05) is 5.32 Å². The molecule has 1 aromatic heterocycles. The summed E-state index contributed by atoms with van der Waals surface area (Å²) in [5.41, 5.74) is 2.40. The topological polar surface area (TPSA) is 65.8 Å². The molecule has 0 aliphatic heterocycles. The van der Waals surface area contributed by atoms with E-state index in [1.165, 1.54) is 18.5 Å². The van der Waals surface area contributed by atoms with Crippen molar-refractivity contribution >= 4 is 27.5 Å². The molecule has 94 valence electrons. The average molecular weight is 316 g/mol. The second-order valence-electron chi connectivity index (χ2n) is 3.99. The standard InChI is InChI=1S/C14H10BrN3O/c1-9-2-3-12(15)5-13(9)18-14(19)11-4-10(6-16)7-17-8-11/h2-5,7-8H,1H3,(H,18,19). The van der Waals surface area contributed by atoms with Crippen LogP contribution in [0.25, 0.3) is 0 Å². The maximum atomic E-state index is 12.1. The molecule has 0 bridgehead atoms. The van der Waals surface area contributed by atoms with Gasteiger partial charge in [0, 0.05) is 22.6 Å². The Morgan fingerprint density at radius 2 is 2.16 bits per heavy atom. The van der Waals surface area contributed by atoms with Crippen LogP contribution >= 0.6 is 15.9 Å². The normalized spacial score (nSPS) is 9.74. The number of amides is 1. The van der Waals surface area contributed by atoms with Gasteiger partial charge in [0.2, 0.25) is 0 Å². The third-order valence-electron chi connectivity index (χ3n) is 2.58. The Balaban J connectivity index is 2.26. The summed E-state index contributed by atoms with van der Waals surface area (Å²) < 4.78 is 0.886. The SMILES string of the molecule is Cc1ccc(Br)cc1NC(=O)c1cncc(C#N)c1. The number of rotatable bonds is 2. The van der Waals surface area contributed by atoms with Crippen LogP contribution < -0.4 is 5.32 Å². The fourth-order valence-corrected chi connectivity index (χ4v) is 1.91. The first-order valence-corrected chi connectivity index (χ1v) is 6.32. The molecule has 0 fully saturated rings. The van der Waals surface area contributed by atoms with Crippen molar-refractivity contribution in [1.82, 2.24) is 4.98 Å². The van der Waals surface area contributed by atoms with E-state index >= 15 is 0 Å². The summed E-state index contributed by atoms with van der Waals surface area (Å²) in [6.45, 7) is 1.91. The summed E-state index contributed by atoms with van der Waals surface area (Å²) in [7, 11) is 0. The molecule has 1 heterocycles. The largest absolute Gasteiger partial charge is 0.322 e. The van der Waals surface area contributed by atoms with Gasteiger partial charge in [-0.1, -0.05) is 22.0 Å². The van der Waals surface area contributed by atoms with Crippen molar-refractivity contribution in [1.29, 1.82) is 5.26 Å². The van der Waals surface area contributed by atoms with Gasteiger partial charge in [-0.2, -0.15) is 5.26 Å². The van der Waals surface area contributed by atoms with Gasteiger partial charge in [0.05, 0.1) is 11.1 Å². The highest BCUT2D eigenvalue weighted by molar-refractivity contribution is 9.10. The monoisotopic (exact) mass is 315 g/mol. The van der Waals surface area contributed by atoms with Crippen LogP contribution in [0.4, 0.5) is 5.69 Å². The van der Waals surface area contributed by atoms with Gasteiger partial charge >= 0.3 is 0 Å². The summed E-state index contributed by atoms with van der Waals surface area (Å²) in [5, 5.41) is 11.6. The van der Waals surface area contributed by atoms with E-state index in [1.807, 2.05) is 31.2 Å². The first-order chi connectivity index (χ1) is 9.10. The molecule has 0 radical (unpaired) electrons. The molecule has 5 heteroatoms. The Labute approximate surface area is 119 Å². The van der Waals surface area contributed by atoms with Crippen LogP contribution in [0.2, 0.25) is 0 Å². The summed E-state index contributed by atoms with van der Waals surface area (Å²) in [6, 6.07) is 9.11. The molecule has 2 rings (SSSR count). The van der Waals surface area contributed by atoms with Gasteiger partial charge in [-0.25, -0.2) is 0 Å². The van der Waals surface area contributed by atoms with Gasteiger partial charge in [0.25, 0.3) is 5.91 Å². The number of anilines is 1. The van der Waals surface area contributed by atoms with Gasteiger partial charge in [-0.3, -0.25) is 9.78 Å². The van der Waals surface area contributed by atoms with Crippen molar-refractivity contribution < 1.29 is 4.79 Å². The Morgan fingerprint density at radius 1 is 1.37 bits per heavy atom. The minimum absolute atomic E-state index is 0.286.